The van der Waals surface area contributed by atoms with Crippen molar-refractivity contribution in [3.63, 3.8) is 0 Å². The molecular weight excluding hydrogens is 180 g/mol. The Balaban J connectivity index is 4.00. The van der Waals surface area contributed by atoms with Crippen molar-refractivity contribution in [1.82, 2.24) is 0 Å². The number of hydrogen-bond acceptors (Lipinski definition) is 0. The maximum atomic E-state index is 3.83. The Labute approximate surface area is 95.8 Å². The highest BCUT2D eigenvalue weighted by Crippen LogP contribution is 2.22. The van der Waals surface area contributed by atoms with Gasteiger partial charge in [-0.15, -0.1) is 6.58 Å². The Kier molecular flexibility index (Phi) is 6.31. The van der Waals surface area contributed by atoms with E-state index in [4.69, 9.17) is 0 Å². The molecule has 0 nitrogen and oxygen atoms in total. The van der Waals surface area contributed by atoms with E-state index in [-0.39, 0.29) is 5.41 Å². The molecule has 15 heavy (non-hydrogen) atoms. The Morgan fingerprint density at radius 2 is 1.80 bits per heavy atom. The normalized spacial score (nSPS) is 12.5. The molecule has 0 aliphatic carbocycles. The van der Waals surface area contributed by atoms with Gasteiger partial charge in [-0.1, -0.05) is 43.2 Å². The first-order valence-corrected chi connectivity index (χ1v) is 5.66. The zero-order chi connectivity index (χ0) is 11.9. The largest absolute Gasteiger partial charge is 0.103 e. The fourth-order valence-corrected chi connectivity index (χ4v) is 1.10. The van der Waals surface area contributed by atoms with Gasteiger partial charge in [0.25, 0.3) is 0 Å². The zero-order valence-corrected chi connectivity index (χ0v) is 10.9. The highest BCUT2D eigenvalue weighted by atomic mass is 14.1. The average molecular weight is 205 g/mol. The van der Waals surface area contributed by atoms with Crippen molar-refractivity contribution in [2.24, 2.45) is 5.41 Å². The summed E-state index contributed by atoms with van der Waals surface area (Å²) < 4.78 is 0. The lowest BCUT2D eigenvalue weighted by molar-refractivity contribution is 0.588. The lowest BCUT2D eigenvalue weighted by Gasteiger charge is -2.16. The molecule has 0 atom stereocenters. The molecule has 0 rings (SSSR count). The molecule has 0 N–H and O–H groups in total. The van der Waals surface area contributed by atoms with Gasteiger partial charge < -0.3 is 0 Å². The quantitative estimate of drug-likeness (QED) is 0.529. The number of rotatable bonds is 6. The van der Waals surface area contributed by atoms with E-state index in [0.29, 0.717) is 0 Å². The van der Waals surface area contributed by atoms with Crippen LogP contribution in [0.4, 0.5) is 0 Å². The summed E-state index contributed by atoms with van der Waals surface area (Å²) in [5, 5.41) is 0. The van der Waals surface area contributed by atoms with Gasteiger partial charge in [-0.2, -0.15) is 0 Å². The van der Waals surface area contributed by atoms with Crippen molar-refractivity contribution in [2.45, 2.75) is 47.5 Å². The molecule has 0 aliphatic heterocycles. The monoisotopic (exact) mass is 205 g/mol. The third-order valence-electron chi connectivity index (χ3n) is 2.41. The van der Waals surface area contributed by atoms with Gasteiger partial charge in [-0.3, -0.25) is 0 Å². The van der Waals surface area contributed by atoms with Crippen molar-refractivity contribution < 1.29 is 0 Å². The van der Waals surface area contributed by atoms with E-state index in [1.165, 1.54) is 11.1 Å². The van der Waals surface area contributed by atoms with E-state index in [2.05, 4.69) is 59.8 Å². The van der Waals surface area contributed by atoms with Crippen LogP contribution in [0.2, 0.25) is 0 Å². The molecule has 0 aromatic carbocycles. The van der Waals surface area contributed by atoms with Gasteiger partial charge in [0.15, 0.2) is 0 Å². The van der Waals surface area contributed by atoms with Crippen LogP contribution in [0, 0.1) is 11.8 Å². The standard InChI is InChI=1S/C15H25/c1-7-15(5,6)12-11-14(4)10-8-9-13(2)3/h7,9,11-12H,1,8,10H2,2-6H3/b14-11+. The second-order valence-electron chi connectivity index (χ2n) is 5.03. The van der Waals surface area contributed by atoms with Gasteiger partial charge in [0.05, 0.1) is 0 Å². The highest BCUT2D eigenvalue weighted by Gasteiger charge is 2.10. The van der Waals surface area contributed by atoms with Crippen LogP contribution in [-0.2, 0) is 0 Å². The van der Waals surface area contributed by atoms with Crippen molar-refractivity contribution in [1.29, 1.82) is 0 Å². The maximum Gasteiger partial charge on any atom is -0.00739 e. The van der Waals surface area contributed by atoms with Crippen LogP contribution in [0.25, 0.3) is 0 Å². The third-order valence-corrected chi connectivity index (χ3v) is 2.41. The molecule has 0 heteroatoms. The third kappa shape index (κ3) is 8.23. The molecule has 0 heterocycles. The van der Waals surface area contributed by atoms with Gasteiger partial charge in [0.2, 0.25) is 0 Å². The molecular formula is C15H25. The van der Waals surface area contributed by atoms with E-state index >= 15 is 0 Å². The van der Waals surface area contributed by atoms with Crippen LogP contribution in [-0.4, -0.2) is 0 Å². The molecule has 0 saturated carbocycles. The number of hydrogen-bond donors (Lipinski definition) is 0. The average Bonchev–Trinajstić information content (AvgIpc) is 2.14. The summed E-state index contributed by atoms with van der Waals surface area (Å²) in [6, 6.07) is 0. The van der Waals surface area contributed by atoms with Gasteiger partial charge in [0, 0.05) is 0 Å². The zero-order valence-electron chi connectivity index (χ0n) is 10.9. The summed E-state index contributed by atoms with van der Waals surface area (Å²) in [4.78, 5) is 0. The Hall–Kier alpha value is -0.780. The SMILES string of the molecule is C=CC(C)(C)[CH]/C=C(\C)CCC=C(C)C. The first kappa shape index (κ1) is 14.2. The lowest BCUT2D eigenvalue weighted by Crippen LogP contribution is -2.05. The van der Waals surface area contributed by atoms with Crippen LogP contribution in [0.3, 0.4) is 0 Å². The van der Waals surface area contributed by atoms with Crippen molar-refractivity contribution in [2.75, 3.05) is 0 Å². The van der Waals surface area contributed by atoms with E-state index in [0.717, 1.165) is 12.8 Å². The summed E-state index contributed by atoms with van der Waals surface area (Å²) >= 11 is 0. The van der Waals surface area contributed by atoms with Crippen LogP contribution >= 0.6 is 0 Å². The van der Waals surface area contributed by atoms with Gasteiger partial charge in [0.1, 0.15) is 0 Å². The first-order valence-electron chi connectivity index (χ1n) is 5.66. The molecule has 0 aromatic rings. The van der Waals surface area contributed by atoms with Crippen LogP contribution in [0.15, 0.2) is 36.0 Å². The molecule has 1 radical (unpaired) electrons. The van der Waals surface area contributed by atoms with Crippen molar-refractivity contribution >= 4 is 0 Å². The first-order chi connectivity index (χ1) is 6.87. The minimum Gasteiger partial charge on any atom is -0.103 e. The smallest absolute Gasteiger partial charge is 0.00739 e. The molecule has 0 amide bonds. The van der Waals surface area contributed by atoms with Gasteiger partial charge in [-0.05, 0) is 45.4 Å². The van der Waals surface area contributed by atoms with Crippen molar-refractivity contribution in [3.05, 3.63) is 42.4 Å². The molecule has 0 unspecified atom stereocenters. The van der Waals surface area contributed by atoms with E-state index in [9.17, 15) is 0 Å². The molecule has 0 bridgehead atoms. The molecule has 85 valence electrons. The fourth-order valence-electron chi connectivity index (χ4n) is 1.10. The minimum atomic E-state index is 0.109. The van der Waals surface area contributed by atoms with Crippen LogP contribution in [0.5, 0.6) is 0 Å². The summed E-state index contributed by atoms with van der Waals surface area (Å²) in [7, 11) is 0. The second kappa shape index (κ2) is 6.66. The van der Waals surface area contributed by atoms with E-state index in [1.54, 1.807) is 0 Å². The summed E-state index contributed by atoms with van der Waals surface area (Å²) in [5.74, 6) is 0. The molecule has 0 aromatic heterocycles. The van der Waals surface area contributed by atoms with Crippen LogP contribution < -0.4 is 0 Å². The lowest BCUT2D eigenvalue weighted by atomic mass is 9.88. The van der Waals surface area contributed by atoms with Crippen LogP contribution in [0.1, 0.15) is 47.5 Å². The number of allylic oxidation sites excluding steroid dienone is 5. The summed E-state index contributed by atoms with van der Waals surface area (Å²) in [5.41, 5.74) is 2.94. The van der Waals surface area contributed by atoms with Gasteiger partial charge >= 0.3 is 0 Å². The Bertz CT molecular complexity index is 247. The Morgan fingerprint density at radius 1 is 1.20 bits per heavy atom. The maximum absolute atomic E-state index is 3.83. The van der Waals surface area contributed by atoms with Crippen molar-refractivity contribution in [3.8, 4) is 0 Å². The molecule has 0 spiro atoms. The fraction of sp³-hybridized carbons (Fsp3) is 0.533. The predicted molar refractivity (Wildman–Crippen MR) is 70.7 cm³/mol. The topological polar surface area (TPSA) is 0 Å². The highest BCUT2D eigenvalue weighted by molar-refractivity contribution is 5.14. The van der Waals surface area contributed by atoms with E-state index in [1.807, 2.05) is 6.08 Å². The molecule has 0 aliphatic rings. The summed E-state index contributed by atoms with van der Waals surface area (Å²) in [6.45, 7) is 14.6. The molecule has 0 fully saturated rings. The summed E-state index contributed by atoms with van der Waals surface area (Å²) in [6.07, 6.45) is 11.0. The van der Waals surface area contributed by atoms with E-state index < -0.39 is 0 Å². The Morgan fingerprint density at radius 3 is 2.27 bits per heavy atom. The minimum absolute atomic E-state index is 0.109. The van der Waals surface area contributed by atoms with Gasteiger partial charge in [-0.25, -0.2) is 0 Å². The predicted octanol–water partition coefficient (Wildman–Crippen LogP) is 5.10. The second-order valence-corrected chi connectivity index (χ2v) is 5.03. The molecule has 0 saturated heterocycles.